The van der Waals surface area contributed by atoms with Crippen molar-refractivity contribution in [2.24, 2.45) is 0 Å². The highest BCUT2D eigenvalue weighted by atomic mass is 35.5. The van der Waals surface area contributed by atoms with Crippen molar-refractivity contribution in [2.75, 3.05) is 23.3 Å². The Kier molecular flexibility index (Phi) is 7.15. The minimum absolute atomic E-state index is 0.0350. The normalized spacial score (nSPS) is 10.8. The fraction of sp³-hybridized carbons (Fsp3) is 0.0952. The monoisotopic (exact) mass is 489 g/mol. The number of amides is 1. The van der Waals surface area contributed by atoms with E-state index in [1.54, 1.807) is 29.6 Å². The zero-order chi connectivity index (χ0) is 23.3. The van der Waals surface area contributed by atoms with Crippen molar-refractivity contribution < 1.29 is 22.7 Å². The van der Waals surface area contributed by atoms with Crippen LogP contribution in [0.4, 0.5) is 10.7 Å². The average Bonchev–Trinajstić information content (AvgIpc) is 3.24. The molecule has 3 aromatic rings. The lowest BCUT2D eigenvalue weighted by Crippen LogP contribution is -2.27. The Hall–Kier alpha value is -3.39. The molecule has 0 aliphatic heterocycles. The van der Waals surface area contributed by atoms with Crippen LogP contribution in [0, 0.1) is 11.3 Å². The Morgan fingerprint density at radius 3 is 2.66 bits per heavy atom. The number of hydrogen-bond donors (Lipinski definition) is 1. The number of sulfonamides is 1. The van der Waals surface area contributed by atoms with Crippen LogP contribution in [-0.4, -0.2) is 33.9 Å². The van der Waals surface area contributed by atoms with Crippen molar-refractivity contribution in [2.45, 2.75) is 4.90 Å². The Morgan fingerprint density at radius 2 is 1.94 bits per heavy atom. The molecule has 8 nitrogen and oxygen atoms in total. The highest BCUT2D eigenvalue weighted by molar-refractivity contribution is 7.92. The zero-order valence-electron chi connectivity index (χ0n) is 16.6. The maximum atomic E-state index is 13.0. The molecule has 1 aromatic heterocycles. The first-order valence-electron chi connectivity index (χ1n) is 9.01. The van der Waals surface area contributed by atoms with E-state index in [4.69, 9.17) is 21.6 Å². The van der Waals surface area contributed by atoms with Crippen LogP contribution in [-0.2, 0) is 19.6 Å². The fourth-order valence-corrected chi connectivity index (χ4v) is 4.80. The largest absolute Gasteiger partial charge is 0.452 e. The van der Waals surface area contributed by atoms with Gasteiger partial charge in [0.1, 0.15) is 11.1 Å². The molecule has 164 valence electrons. The molecule has 0 radical (unpaired) electrons. The number of nitrogens with one attached hydrogen (secondary N) is 1. The molecule has 0 saturated heterocycles. The average molecular weight is 490 g/mol. The van der Waals surface area contributed by atoms with Gasteiger partial charge in [0.2, 0.25) is 0 Å². The van der Waals surface area contributed by atoms with Crippen LogP contribution in [0.15, 0.2) is 64.9 Å². The minimum atomic E-state index is -3.98. The lowest BCUT2D eigenvalue weighted by molar-refractivity contribution is -0.119. The molecule has 0 aliphatic carbocycles. The van der Waals surface area contributed by atoms with E-state index >= 15 is 0 Å². The molecule has 0 aliphatic rings. The zero-order valence-corrected chi connectivity index (χ0v) is 19.0. The molecule has 1 amide bonds. The molecule has 0 saturated carbocycles. The van der Waals surface area contributed by atoms with Crippen molar-refractivity contribution in [1.29, 1.82) is 5.26 Å². The van der Waals surface area contributed by atoms with Crippen molar-refractivity contribution in [3.05, 3.63) is 76.1 Å². The fourth-order valence-electron chi connectivity index (χ4n) is 2.62. The van der Waals surface area contributed by atoms with E-state index in [0.29, 0.717) is 21.3 Å². The lowest BCUT2D eigenvalue weighted by atomic mass is 10.2. The molecular formula is C21H16ClN3O5S2. The second kappa shape index (κ2) is 9.82. The first-order valence-corrected chi connectivity index (χ1v) is 11.7. The number of carbonyl (C=O) groups excluding carboxylic acids is 2. The topological polar surface area (TPSA) is 117 Å². The van der Waals surface area contributed by atoms with Crippen LogP contribution in [0.3, 0.4) is 0 Å². The van der Waals surface area contributed by atoms with Crippen LogP contribution in [0.25, 0.3) is 0 Å². The molecule has 1 heterocycles. The lowest BCUT2D eigenvalue weighted by Gasteiger charge is -2.20. The van der Waals surface area contributed by atoms with Crippen molar-refractivity contribution in [3.63, 3.8) is 0 Å². The van der Waals surface area contributed by atoms with Crippen LogP contribution in [0.1, 0.15) is 15.9 Å². The number of rotatable bonds is 7. The summed E-state index contributed by atoms with van der Waals surface area (Å²) in [6.45, 7) is -0.596. The Balaban J connectivity index is 1.70. The van der Waals surface area contributed by atoms with Gasteiger partial charge < -0.3 is 10.1 Å². The number of halogens is 1. The molecule has 3 rings (SSSR count). The van der Waals surface area contributed by atoms with Crippen LogP contribution < -0.4 is 9.62 Å². The Morgan fingerprint density at radius 1 is 1.19 bits per heavy atom. The second-order valence-corrected chi connectivity index (χ2v) is 9.70. The number of anilines is 2. The summed E-state index contributed by atoms with van der Waals surface area (Å²) < 4.78 is 32.0. The molecule has 0 bridgehead atoms. The quantitative estimate of drug-likeness (QED) is 0.503. The van der Waals surface area contributed by atoms with Crippen molar-refractivity contribution in [3.8, 4) is 6.07 Å². The number of thiophene rings is 1. The summed E-state index contributed by atoms with van der Waals surface area (Å²) in [5, 5.41) is 13.8. The Bertz CT molecular complexity index is 1310. The van der Waals surface area contributed by atoms with E-state index in [-0.39, 0.29) is 10.5 Å². The van der Waals surface area contributed by atoms with Gasteiger partial charge in [-0.1, -0.05) is 23.7 Å². The summed E-state index contributed by atoms with van der Waals surface area (Å²) in [6, 6.07) is 15.1. The van der Waals surface area contributed by atoms with E-state index in [9.17, 15) is 18.0 Å². The van der Waals surface area contributed by atoms with Crippen molar-refractivity contribution in [1.82, 2.24) is 0 Å². The number of hydrogen-bond acceptors (Lipinski definition) is 7. The first kappa shape index (κ1) is 23.3. The molecule has 2 aromatic carbocycles. The van der Waals surface area contributed by atoms with Gasteiger partial charge in [-0.15, -0.1) is 11.3 Å². The minimum Gasteiger partial charge on any atom is -0.452 e. The number of esters is 1. The smallest absolute Gasteiger partial charge is 0.338 e. The second-order valence-electron chi connectivity index (χ2n) is 6.38. The number of carbonyl (C=O) groups is 2. The predicted octanol–water partition coefficient (Wildman–Crippen LogP) is 3.89. The SMILES string of the molecule is CN(c1cccc(Cl)c1)S(=O)(=O)c1cccc(C(=O)OCC(=O)Nc2sccc2C#N)c1. The number of nitrogens with zero attached hydrogens (tertiary/aromatic N) is 2. The van der Waals surface area contributed by atoms with Crippen LogP contribution in [0.5, 0.6) is 0 Å². The number of nitriles is 1. The summed E-state index contributed by atoms with van der Waals surface area (Å²) in [6.07, 6.45) is 0. The standard InChI is InChI=1S/C21H16ClN3O5S2/c1-25(17-6-3-5-16(22)11-17)32(28,29)18-7-2-4-14(10-18)21(27)30-13-19(26)24-20-15(12-23)8-9-31-20/h2-11H,13H2,1H3,(H,24,26). The maximum Gasteiger partial charge on any atom is 0.338 e. The third kappa shape index (κ3) is 5.26. The van der Waals surface area contributed by atoms with E-state index < -0.39 is 28.5 Å². The molecule has 1 N–H and O–H groups in total. The summed E-state index contributed by atoms with van der Waals surface area (Å²) in [7, 11) is -2.61. The summed E-state index contributed by atoms with van der Waals surface area (Å²) in [5.41, 5.74) is 0.621. The van der Waals surface area contributed by atoms with E-state index in [2.05, 4.69) is 5.32 Å². The van der Waals surface area contributed by atoms with E-state index in [1.165, 1.54) is 37.4 Å². The number of benzene rings is 2. The maximum absolute atomic E-state index is 13.0. The van der Waals surface area contributed by atoms with Crippen LogP contribution in [0.2, 0.25) is 5.02 Å². The molecule has 0 fully saturated rings. The highest BCUT2D eigenvalue weighted by Crippen LogP contribution is 2.25. The molecule has 0 unspecified atom stereocenters. The van der Waals surface area contributed by atoms with E-state index in [1.807, 2.05) is 6.07 Å². The Labute approximate surface area is 193 Å². The first-order chi connectivity index (χ1) is 15.2. The summed E-state index contributed by atoms with van der Waals surface area (Å²) in [4.78, 5) is 24.2. The molecule has 0 atom stereocenters. The highest BCUT2D eigenvalue weighted by Gasteiger charge is 2.23. The van der Waals surface area contributed by atoms with Gasteiger partial charge in [-0.25, -0.2) is 13.2 Å². The third-order valence-electron chi connectivity index (χ3n) is 4.27. The molecule has 11 heteroatoms. The van der Waals surface area contributed by atoms with Crippen LogP contribution >= 0.6 is 22.9 Å². The van der Waals surface area contributed by atoms with Gasteiger partial charge in [0.05, 0.1) is 21.7 Å². The summed E-state index contributed by atoms with van der Waals surface area (Å²) in [5.74, 6) is -1.49. The van der Waals surface area contributed by atoms with Crippen molar-refractivity contribution >= 4 is 55.5 Å². The van der Waals surface area contributed by atoms with Gasteiger partial charge >= 0.3 is 5.97 Å². The summed E-state index contributed by atoms with van der Waals surface area (Å²) >= 11 is 7.11. The predicted molar refractivity (Wildman–Crippen MR) is 121 cm³/mol. The van der Waals surface area contributed by atoms with Gasteiger partial charge in [-0.2, -0.15) is 5.26 Å². The van der Waals surface area contributed by atoms with Gasteiger partial charge in [0, 0.05) is 12.1 Å². The van der Waals surface area contributed by atoms with Gasteiger partial charge in [0.25, 0.3) is 15.9 Å². The number of ether oxygens (including phenoxy) is 1. The molecule has 0 spiro atoms. The van der Waals surface area contributed by atoms with Gasteiger partial charge in [0.15, 0.2) is 6.61 Å². The molecule has 32 heavy (non-hydrogen) atoms. The third-order valence-corrected chi connectivity index (χ3v) is 7.12. The van der Waals surface area contributed by atoms with E-state index in [0.717, 1.165) is 15.6 Å². The molecular weight excluding hydrogens is 474 g/mol. The van der Waals surface area contributed by atoms with Gasteiger partial charge in [-0.05, 0) is 47.8 Å². The van der Waals surface area contributed by atoms with Gasteiger partial charge in [-0.3, -0.25) is 9.10 Å².